The summed E-state index contributed by atoms with van der Waals surface area (Å²) in [6.07, 6.45) is -1.10. The third-order valence-corrected chi connectivity index (χ3v) is 6.75. The summed E-state index contributed by atoms with van der Waals surface area (Å²) in [6.45, 7) is 2.85. The number of aliphatic hydroxyl groups excluding tert-OH is 4. The molecule has 3 aromatic rings. The van der Waals surface area contributed by atoms with Crippen molar-refractivity contribution in [3.05, 3.63) is 36.2 Å². The van der Waals surface area contributed by atoms with Gasteiger partial charge in [-0.1, -0.05) is 0 Å². The summed E-state index contributed by atoms with van der Waals surface area (Å²) < 4.78 is 19.6. The first-order valence-electron chi connectivity index (χ1n) is 12.3. The molecule has 5 heterocycles. The van der Waals surface area contributed by atoms with Gasteiger partial charge in [-0.05, 0) is 32.8 Å². The molecule has 4 N–H and O–H groups in total. The topological polar surface area (TPSA) is 191 Å². The molecule has 3 aromatic heterocycles. The monoisotopic (exact) mass is 531 g/mol. The third-order valence-electron chi connectivity index (χ3n) is 6.75. The second-order valence-corrected chi connectivity index (χ2v) is 9.50. The molecule has 0 unspecified atom stereocenters. The molecule has 5 rings (SSSR count). The number of aromatic nitrogens is 5. The zero-order chi connectivity index (χ0) is 27.1. The van der Waals surface area contributed by atoms with E-state index in [0.717, 1.165) is 6.08 Å². The van der Waals surface area contributed by atoms with E-state index in [9.17, 15) is 30.0 Å². The van der Waals surface area contributed by atoms with Crippen LogP contribution in [-0.2, 0) is 30.2 Å². The lowest BCUT2D eigenvalue weighted by atomic mass is 10.1. The first kappa shape index (κ1) is 26.2. The van der Waals surface area contributed by atoms with Crippen LogP contribution in [0, 0.1) is 0 Å². The SMILES string of the molecule is C[C@@H]1OC(=O)/C=C/[C@@H](O)CC[C@H](C)OC(=O)Cc2c1nc1c3ncn([C@@H]4O[C@H](CO)[C@@H](O)[C@H]4O)c3ncn21. The second kappa shape index (κ2) is 10.4. The number of hydrogen-bond donors (Lipinski definition) is 4. The summed E-state index contributed by atoms with van der Waals surface area (Å²) in [6, 6.07) is 0. The van der Waals surface area contributed by atoms with Crippen LogP contribution < -0.4 is 0 Å². The summed E-state index contributed by atoms with van der Waals surface area (Å²) in [5.74, 6) is -1.21. The largest absolute Gasteiger partial charge is 0.462 e. The Morgan fingerprint density at radius 3 is 2.55 bits per heavy atom. The molecule has 0 amide bonds. The summed E-state index contributed by atoms with van der Waals surface area (Å²) in [4.78, 5) is 38.7. The van der Waals surface area contributed by atoms with E-state index < -0.39 is 61.4 Å². The van der Waals surface area contributed by atoms with Gasteiger partial charge in [-0.25, -0.2) is 19.7 Å². The number of nitrogens with zero attached hydrogens (tertiary/aromatic N) is 5. The molecular formula is C24H29N5O9. The predicted molar refractivity (Wildman–Crippen MR) is 127 cm³/mol. The fraction of sp³-hybridized carbons (Fsp3) is 0.542. The first-order valence-corrected chi connectivity index (χ1v) is 12.3. The minimum absolute atomic E-state index is 0.191. The number of esters is 2. The van der Waals surface area contributed by atoms with E-state index in [2.05, 4.69) is 15.0 Å². The normalized spacial score (nSPS) is 32.1. The molecule has 14 heteroatoms. The minimum atomic E-state index is -1.33. The van der Waals surface area contributed by atoms with Crippen molar-refractivity contribution in [3.63, 3.8) is 0 Å². The third kappa shape index (κ3) is 4.76. The van der Waals surface area contributed by atoms with Gasteiger partial charge in [0.05, 0.1) is 37.3 Å². The van der Waals surface area contributed by atoms with Crippen molar-refractivity contribution in [1.82, 2.24) is 23.9 Å². The average molecular weight is 532 g/mol. The molecule has 7 atom stereocenters. The van der Waals surface area contributed by atoms with E-state index in [1.54, 1.807) is 18.2 Å². The van der Waals surface area contributed by atoms with Crippen LogP contribution in [0.5, 0.6) is 0 Å². The lowest BCUT2D eigenvalue weighted by molar-refractivity contribution is -0.148. The highest BCUT2D eigenvalue weighted by molar-refractivity contribution is 5.86. The van der Waals surface area contributed by atoms with Crippen molar-refractivity contribution in [2.45, 2.75) is 76.0 Å². The molecule has 2 aliphatic rings. The van der Waals surface area contributed by atoms with Gasteiger partial charge >= 0.3 is 11.9 Å². The molecule has 2 aliphatic heterocycles. The van der Waals surface area contributed by atoms with Crippen LogP contribution in [0.1, 0.15) is 50.4 Å². The number of ether oxygens (including phenoxy) is 3. The van der Waals surface area contributed by atoms with Gasteiger partial charge in [-0.15, -0.1) is 0 Å². The number of carbonyl (C=O) groups is 2. The number of rotatable bonds is 2. The van der Waals surface area contributed by atoms with Crippen LogP contribution in [0.2, 0.25) is 0 Å². The lowest BCUT2D eigenvalue weighted by Crippen LogP contribution is -2.33. The highest BCUT2D eigenvalue weighted by atomic mass is 16.6. The zero-order valence-corrected chi connectivity index (χ0v) is 20.7. The quantitative estimate of drug-likeness (QED) is 0.310. The molecule has 0 aliphatic carbocycles. The highest BCUT2D eigenvalue weighted by Crippen LogP contribution is 2.33. The summed E-state index contributed by atoms with van der Waals surface area (Å²) in [5.41, 5.74) is 1.59. The summed E-state index contributed by atoms with van der Waals surface area (Å²) in [5, 5.41) is 40.1. The van der Waals surface area contributed by atoms with Gasteiger partial charge in [0, 0.05) is 6.08 Å². The highest BCUT2D eigenvalue weighted by Gasteiger charge is 2.44. The minimum Gasteiger partial charge on any atom is -0.462 e. The maximum Gasteiger partial charge on any atom is 0.331 e. The average Bonchev–Trinajstić information content (AvgIpc) is 3.55. The predicted octanol–water partition coefficient (Wildman–Crippen LogP) is -0.520. The molecule has 0 radical (unpaired) electrons. The molecule has 0 aromatic carbocycles. The van der Waals surface area contributed by atoms with Crippen molar-refractivity contribution in [2.75, 3.05) is 6.61 Å². The smallest absolute Gasteiger partial charge is 0.331 e. The fourth-order valence-electron chi connectivity index (χ4n) is 4.75. The van der Waals surface area contributed by atoms with Gasteiger partial charge in [0.15, 0.2) is 23.0 Å². The lowest BCUT2D eigenvalue weighted by Gasteiger charge is -2.17. The van der Waals surface area contributed by atoms with Gasteiger partial charge in [-0.2, -0.15) is 0 Å². The van der Waals surface area contributed by atoms with Crippen LogP contribution in [-0.4, -0.2) is 93.4 Å². The summed E-state index contributed by atoms with van der Waals surface area (Å²) >= 11 is 0. The Labute approximate surface area is 216 Å². The molecule has 0 saturated carbocycles. The maximum absolute atomic E-state index is 12.8. The van der Waals surface area contributed by atoms with Gasteiger partial charge in [0.1, 0.15) is 36.4 Å². The van der Waals surface area contributed by atoms with E-state index in [0.29, 0.717) is 35.4 Å². The van der Waals surface area contributed by atoms with Crippen LogP contribution in [0.3, 0.4) is 0 Å². The molecule has 0 bridgehead atoms. The Morgan fingerprint density at radius 2 is 1.82 bits per heavy atom. The Bertz CT molecular complexity index is 1380. The first-order chi connectivity index (χ1) is 18.2. The van der Waals surface area contributed by atoms with Crippen molar-refractivity contribution in [1.29, 1.82) is 0 Å². The van der Waals surface area contributed by atoms with E-state index in [1.807, 2.05) is 0 Å². The number of carbonyl (C=O) groups excluding carboxylic acids is 2. The standard InChI is InChI=1S/C24H29N5O9/c1-11-3-4-13(31)5-6-16(32)37-12(2)18-14(7-17(33)36-11)28-10-26-22-19(23(28)27-18)25-9-29(22)24-21(35)20(34)15(8-30)38-24/h5-6,9-13,15,20-21,24,30-31,34-35H,3-4,7-8H2,1-2H3/b6-5+/t11-,12-,13-,15+,20+,21+,24+/m0/s1. The van der Waals surface area contributed by atoms with Crippen molar-refractivity contribution in [2.24, 2.45) is 0 Å². The number of fused-ring (bicyclic) bond motifs is 5. The Hall–Kier alpha value is -3.43. The van der Waals surface area contributed by atoms with Crippen molar-refractivity contribution < 1.29 is 44.2 Å². The van der Waals surface area contributed by atoms with E-state index >= 15 is 0 Å². The van der Waals surface area contributed by atoms with Crippen LogP contribution in [0.25, 0.3) is 16.8 Å². The van der Waals surface area contributed by atoms with Crippen molar-refractivity contribution in [3.8, 4) is 0 Å². The molecule has 38 heavy (non-hydrogen) atoms. The van der Waals surface area contributed by atoms with Gasteiger partial charge < -0.3 is 34.6 Å². The summed E-state index contributed by atoms with van der Waals surface area (Å²) in [7, 11) is 0. The van der Waals surface area contributed by atoms with E-state index in [-0.39, 0.29) is 12.1 Å². The van der Waals surface area contributed by atoms with Gasteiger partial charge in [0.25, 0.3) is 0 Å². The molecular weight excluding hydrogens is 502 g/mol. The van der Waals surface area contributed by atoms with Crippen LogP contribution >= 0.6 is 0 Å². The van der Waals surface area contributed by atoms with Crippen molar-refractivity contribution >= 4 is 28.7 Å². The molecule has 204 valence electrons. The number of cyclic esters (lactones) is 2. The Kier molecular flexibility index (Phi) is 7.15. The number of aliphatic hydroxyl groups is 4. The van der Waals surface area contributed by atoms with Gasteiger partial charge in [0.2, 0.25) is 0 Å². The molecule has 1 saturated heterocycles. The van der Waals surface area contributed by atoms with E-state index in [1.165, 1.54) is 23.3 Å². The number of imidazole rings is 2. The fourth-order valence-corrected chi connectivity index (χ4v) is 4.75. The Morgan fingerprint density at radius 1 is 1.03 bits per heavy atom. The molecule has 1 fully saturated rings. The van der Waals surface area contributed by atoms with Gasteiger partial charge in [-0.3, -0.25) is 13.8 Å². The molecule has 0 spiro atoms. The van der Waals surface area contributed by atoms with Crippen LogP contribution in [0.4, 0.5) is 0 Å². The van der Waals surface area contributed by atoms with Crippen LogP contribution in [0.15, 0.2) is 24.8 Å². The second-order valence-electron chi connectivity index (χ2n) is 9.50. The zero-order valence-electron chi connectivity index (χ0n) is 20.7. The molecule has 14 nitrogen and oxygen atoms in total. The van der Waals surface area contributed by atoms with E-state index in [4.69, 9.17) is 14.2 Å². The Balaban J connectivity index is 1.58. The number of hydrogen-bond acceptors (Lipinski definition) is 12. The maximum atomic E-state index is 12.8.